The number of aryl methyl sites for hydroxylation is 1. The molecule has 1 amide bonds. The van der Waals surface area contributed by atoms with E-state index in [1.807, 2.05) is 31.2 Å². The van der Waals surface area contributed by atoms with Crippen LogP contribution in [-0.4, -0.2) is 30.5 Å². The van der Waals surface area contributed by atoms with Gasteiger partial charge in [0.1, 0.15) is 23.6 Å². The van der Waals surface area contributed by atoms with Gasteiger partial charge in [-0.1, -0.05) is 35.9 Å². The number of halogens is 2. The van der Waals surface area contributed by atoms with E-state index in [1.54, 1.807) is 30.1 Å². The maximum atomic E-state index is 13.1. The molecule has 0 saturated carbocycles. The third-order valence-corrected chi connectivity index (χ3v) is 5.35. The van der Waals surface area contributed by atoms with Crippen LogP contribution >= 0.6 is 11.6 Å². The van der Waals surface area contributed by atoms with Gasteiger partial charge in [0.15, 0.2) is 0 Å². The van der Waals surface area contributed by atoms with Crippen LogP contribution in [0.25, 0.3) is 5.69 Å². The van der Waals surface area contributed by atoms with Gasteiger partial charge in [-0.25, -0.2) is 18.7 Å². The number of nitrogens with one attached hydrogen (secondary N) is 1. The van der Waals surface area contributed by atoms with Crippen molar-refractivity contribution in [1.29, 1.82) is 0 Å². The maximum Gasteiger partial charge on any atom is 0.256 e. The molecule has 31 heavy (non-hydrogen) atoms. The van der Waals surface area contributed by atoms with Gasteiger partial charge in [-0.3, -0.25) is 4.79 Å². The van der Waals surface area contributed by atoms with E-state index < -0.39 is 0 Å². The number of rotatable bonds is 6. The lowest BCUT2D eigenvalue weighted by atomic mass is 10.1. The van der Waals surface area contributed by atoms with Crippen molar-refractivity contribution in [1.82, 2.24) is 29.9 Å². The highest BCUT2D eigenvalue weighted by atomic mass is 35.5. The first-order chi connectivity index (χ1) is 14.9. The Hall–Kier alpha value is -3.52. The molecule has 0 bridgehead atoms. The van der Waals surface area contributed by atoms with Crippen molar-refractivity contribution in [2.45, 2.75) is 26.4 Å². The molecule has 0 saturated heterocycles. The van der Waals surface area contributed by atoms with Crippen molar-refractivity contribution >= 4 is 17.5 Å². The topological polar surface area (TPSA) is 77.6 Å². The summed E-state index contributed by atoms with van der Waals surface area (Å²) in [5.41, 5.74) is 3.50. The van der Waals surface area contributed by atoms with Gasteiger partial charge in [0.2, 0.25) is 0 Å². The van der Waals surface area contributed by atoms with Gasteiger partial charge in [-0.05, 0) is 49.2 Å². The maximum absolute atomic E-state index is 13.1. The fraction of sp³-hybridized carbons (Fsp3) is 0.182. The van der Waals surface area contributed by atoms with Gasteiger partial charge >= 0.3 is 0 Å². The summed E-state index contributed by atoms with van der Waals surface area (Å²) in [5, 5.41) is 11.7. The standard InChI is InChI=1S/C22H20ClFN6O/c1-14(17-5-9-19(10-6-17)30-13-25-12-26-30)27-22(31)20-15(2)28-29(21(20)23)11-16-3-7-18(24)8-4-16/h3-10,12-14H,11H2,1-2H3,(H,27,31). The summed E-state index contributed by atoms with van der Waals surface area (Å²) >= 11 is 6.46. The first kappa shape index (κ1) is 20.7. The van der Waals surface area contributed by atoms with Gasteiger partial charge < -0.3 is 5.32 Å². The summed E-state index contributed by atoms with van der Waals surface area (Å²) in [6.45, 7) is 3.97. The Morgan fingerprint density at radius 1 is 1.16 bits per heavy atom. The number of amides is 1. The van der Waals surface area contributed by atoms with Crippen molar-refractivity contribution < 1.29 is 9.18 Å². The zero-order valence-corrected chi connectivity index (χ0v) is 17.7. The highest BCUT2D eigenvalue weighted by molar-refractivity contribution is 6.33. The zero-order valence-electron chi connectivity index (χ0n) is 17.0. The smallest absolute Gasteiger partial charge is 0.256 e. The van der Waals surface area contributed by atoms with Gasteiger partial charge in [0.25, 0.3) is 5.91 Å². The van der Waals surface area contributed by atoms with Crippen molar-refractivity contribution in [2.75, 3.05) is 0 Å². The Bertz CT molecular complexity index is 1190. The number of hydrogen-bond donors (Lipinski definition) is 1. The molecule has 7 nitrogen and oxygen atoms in total. The van der Waals surface area contributed by atoms with Gasteiger partial charge in [0.05, 0.1) is 29.5 Å². The minimum absolute atomic E-state index is 0.242. The fourth-order valence-corrected chi connectivity index (χ4v) is 3.61. The Morgan fingerprint density at radius 3 is 2.52 bits per heavy atom. The molecule has 0 aliphatic rings. The molecular formula is C22H20ClFN6O. The third kappa shape index (κ3) is 4.49. The van der Waals surface area contributed by atoms with E-state index in [0.29, 0.717) is 17.8 Å². The van der Waals surface area contributed by atoms with Crippen LogP contribution in [0.2, 0.25) is 5.15 Å². The second kappa shape index (κ2) is 8.69. The number of benzene rings is 2. The molecule has 4 rings (SSSR count). The molecule has 1 atom stereocenters. The second-order valence-electron chi connectivity index (χ2n) is 7.16. The fourth-order valence-electron chi connectivity index (χ4n) is 3.29. The second-order valence-corrected chi connectivity index (χ2v) is 7.52. The summed E-state index contributed by atoms with van der Waals surface area (Å²) in [7, 11) is 0. The van der Waals surface area contributed by atoms with Crippen LogP contribution in [0.4, 0.5) is 4.39 Å². The SMILES string of the molecule is Cc1nn(Cc2ccc(F)cc2)c(Cl)c1C(=O)NC(C)c1ccc(-n2cncn2)cc1. The summed E-state index contributed by atoms with van der Waals surface area (Å²) in [4.78, 5) is 16.8. The van der Waals surface area contributed by atoms with Gasteiger partial charge in [0, 0.05) is 0 Å². The van der Waals surface area contributed by atoms with Crippen LogP contribution in [-0.2, 0) is 6.54 Å². The lowest BCUT2D eigenvalue weighted by molar-refractivity contribution is 0.0939. The van der Waals surface area contributed by atoms with Gasteiger partial charge in [-0.15, -0.1) is 0 Å². The largest absolute Gasteiger partial charge is 0.345 e. The highest BCUT2D eigenvalue weighted by Crippen LogP contribution is 2.23. The molecule has 4 aromatic rings. The van der Waals surface area contributed by atoms with Crippen LogP contribution in [0.15, 0.2) is 61.2 Å². The molecule has 0 aliphatic carbocycles. The first-order valence-corrected chi connectivity index (χ1v) is 10.0. The number of carbonyl (C=O) groups excluding carboxylic acids is 1. The van der Waals surface area contributed by atoms with Crippen molar-refractivity contribution in [3.05, 3.63) is 94.5 Å². The average molecular weight is 439 g/mol. The molecule has 2 aromatic carbocycles. The summed E-state index contributed by atoms with van der Waals surface area (Å²) < 4.78 is 16.3. The molecule has 1 unspecified atom stereocenters. The van der Waals surface area contributed by atoms with E-state index in [9.17, 15) is 9.18 Å². The number of hydrogen-bond acceptors (Lipinski definition) is 4. The van der Waals surface area contributed by atoms with E-state index in [-0.39, 0.29) is 22.9 Å². The molecule has 0 aliphatic heterocycles. The van der Waals surface area contributed by atoms with Crippen molar-refractivity contribution in [3.8, 4) is 5.69 Å². The Morgan fingerprint density at radius 2 is 1.87 bits per heavy atom. The molecule has 0 radical (unpaired) electrons. The van der Waals surface area contributed by atoms with E-state index >= 15 is 0 Å². The number of nitrogens with zero attached hydrogens (tertiary/aromatic N) is 5. The normalized spacial score (nSPS) is 12.0. The van der Waals surface area contributed by atoms with E-state index in [0.717, 1.165) is 16.8 Å². The summed E-state index contributed by atoms with van der Waals surface area (Å²) in [5.74, 6) is -0.615. The van der Waals surface area contributed by atoms with Gasteiger partial charge in [-0.2, -0.15) is 10.2 Å². The zero-order chi connectivity index (χ0) is 22.0. The van der Waals surface area contributed by atoms with E-state index in [2.05, 4.69) is 20.5 Å². The van der Waals surface area contributed by atoms with Crippen LogP contribution in [0, 0.1) is 12.7 Å². The molecular weight excluding hydrogens is 419 g/mol. The third-order valence-electron chi connectivity index (χ3n) is 4.96. The molecule has 2 aromatic heterocycles. The van der Waals surface area contributed by atoms with Crippen LogP contribution in [0.1, 0.15) is 40.1 Å². The van der Waals surface area contributed by atoms with Crippen molar-refractivity contribution in [3.63, 3.8) is 0 Å². The van der Waals surface area contributed by atoms with Crippen LogP contribution in [0.3, 0.4) is 0 Å². The first-order valence-electron chi connectivity index (χ1n) is 9.65. The molecule has 1 N–H and O–H groups in total. The summed E-state index contributed by atoms with van der Waals surface area (Å²) in [6, 6.07) is 13.5. The minimum atomic E-state index is -0.310. The Balaban J connectivity index is 1.48. The molecule has 158 valence electrons. The highest BCUT2D eigenvalue weighted by Gasteiger charge is 2.22. The number of carbonyl (C=O) groups is 1. The Labute approximate surface area is 183 Å². The monoisotopic (exact) mass is 438 g/mol. The molecule has 0 fully saturated rings. The quantitative estimate of drug-likeness (QED) is 0.491. The van der Waals surface area contributed by atoms with E-state index in [1.165, 1.54) is 23.1 Å². The summed E-state index contributed by atoms with van der Waals surface area (Å²) in [6.07, 6.45) is 3.09. The lowest BCUT2D eigenvalue weighted by Gasteiger charge is -2.15. The predicted octanol–water partition coefficient (Wildman–Crippen LogP) is 4.10. The van der Waals surface area contributed by atoms with E-state index in [4.69, 9.17) is 11.6 Å². The van der Waals surface area contributed by atoms with Crippen molar-refractivity contribution in [2.24, 2.45) is 0 Å². The lowest BCUT2D eigenvalue weighted by Crippen LogP contribution is -2.27. The minimum Gasteiger partial charge on any atom is -0.345 e. The number of aromatic nitrogens is 5. The van der Waals surface area contributed by atoms with Crippen LogP contribution in [0.5, 0.6) is 0 Å². The Kier molecular flexibility index (Phi) is 5.81. The molecule has 9 heteroatoms. The predicted molar refractivity (Wildman–Crippen MR) is 115 cm³/mol. The van der Waals surface area contributed by atoms with Crippen LogP contribution < -0.4 is 5.32 Å². The molecule has 2 heterocycles. The molecule has 0 spiro atoms. The average Bonchev–Trinajstić information content (AvgIpc) is 3.38.